The Morgan fingerprint density at radius 1 is 1.05 bits per heavy atom. The number of morpholine rings is 1. The van der Waals surface area contributed by atoms with E-state index in [0.29, 0.717) is 61.7 Å². The monoisotopic (exact) mass is 531 g/mol. The number of carbonyl (C=O) groups is 1. The highest BCUT2D eigenvalue weighted by atomic mass is 19.4. The van der Waals surface area contributed by atoms with E-state index < -0.39 is 18.8 Å². The molecule has 1 aromatic carbocycles. The summed E-state index contributed by atoms with van der Waals surface area (Å²) in [6, 6.07) is 6.75. The van der Waals surface area contributed by atoms with Crippen molar-refractivity contribution in [2.45, 2.75) is 50.1 Å². The summed E-state index contributed by atoms with van der Waals surface area (Å²) in [4.78, 5) is 24.4. The molecule has 3 saturated heterocycles. The van der Waals surface area contributed by atoms with Gasteiger partial charge in [-0.3, -0.25) is 10.2 Å². The molecule has 2 atom stereocenters. The van der Waals surface area contributed by atoms with Crippen LogP contribution in [0.1, 0.15) is 31.7 Å². The van der Waals surface area contributed by atoms with Gasteiger partial charge in [0.25, 0.3) is 0 Å². The molecule has 202 valence electrons. The largest absolute Gasteiger partial charge is 0.465 e. The Morgan fingerprint density at radius 3 is 2.37 bits per heavy atom. The Bertz CT molecular complexity index is 1310. The lowest BCUT2D eigenvalue weighted by atomic mass is 10.1. The van der Waals surface area contributed by atoms with E-state index >= 15 is 0 Å². The number of amides is 1. The second kappa shape index (κ2) is 9.70. The van der Waals surface area contributed by atoms with Crippen LogP contribution in [0.5, 0.6) is 0 Å². The topological polar surface area (TPSA) is 109 Å². The number of fused-ring (bicyclic) bond motifs is 3. The van der Waals surface area contributed by atoms with Crippen LogP contribution in [0.15, 0.2) is 30.5 Å². The Balaban J connectivity index is 1.35. The molecule has 0 saturated carbocycles. The van der Waals surface area contributed by atoms with Crippen molar-refractivity contribution in [3.63, 3.8) is 0 Å². The normalized spacial score (nSPS) is 22.8. The number of nitrogens with one attached hydrogen (secondary N) is 1. The molecule has 3 aliphatic heterocycles. The minimum atomic E-state index is -4.21. The van der Waals surface area contributed by atoms with Gasteiger partial charge in [-0.2, -0.15) is 18.3 Å². The summed E-state index contributed by atoms with van der Waals surface area (Å²) < 4.78 is 46.5. The highest BCUT2D eigenvalue weighted by Gasteiger charge is 2.36. The van der Waals surface area contributed by atoms with E-state index in [9.17, 15) is 18.0 Å². The predicted octanol–water partition coefficient (Wildman–Crippen LogP) is 4.15. The van der Waals surface area contributed by atoms with Crippen LogP contribution in [0.2, 0.25) is 0 Å². The third-order valence-corrected chi connectivity index (χ3v) is 7.48. The molecule has 2 bridgehead atoms. The molecule has 6 rings (SSSR count). The van der Waals surface area contributed by atoms with Gasteiger partial charge in [0.2, 0.25) is 0 Å². The van der Waals surface area contributed by atoms with Crippen LogP contribution in [-0.4, -0.2) is 87.0 Å². The lowest BCUT2D eigenvalue weighted by Gasteiger charge is -2.34. The maximum Gasteiger partial charge on any atom is 0.409 e. The number of likely N-dealkylation sites (tertiary alicyclic amines) is 1. The number of hydrogen-bond donors (Lipinski definition) is 2. The van der Waals surface area contributed by atoms with E-state index in [2.05, 4.69) is 15.3 Å². The number of ether oxygens (including phenoxy) is 1. The van der Waals surface area contributed by atoms with Crippen molar-refractivity contribution in [3.8, 4) is 11.4 Å². The maximum atomic E-state index is 12.9. The Morgan fingerprint density at radius 2 is 1.74 bits per heavy atom. The van der Waals surface area contributed by atoms with E-state index in [1.807, 2.05) is 4.68 Å². The first-order valence-electron chi connectivity index (χ1n) is 12.8. The number of piperidine rings is 1. The van der Waals surface area contributed by atoms with Gasteiger partial charge in [0.05, 0.1) is 36.4 Å². The van der Waals surface area contributed by atoms with Gasteiger partial charge in [-0.1, -0.05) is 0 Å². The van der Waals surface area contributed by atoms with Crippen LogP contribution < -0.4 is 10.2 Å². The summed E-state index contributed by atoms with van der Waals surface area (Å²) in [6.45, 7) is 1.19. The van der Waals surface area contributed by atoms with Gasteiger partial charge in [-0.15, -0.1) is 0 Å². The summed E-state index contributed by atoms with van der Waals surface area (Å²) in [5, 5.41) is 16.8. The van der Waals surface area contributed by atoms with Crippen LogP contribution in [-0.2, 0) is 4.74 Å². The van der Waals surface area contributed by atoms with Crippen LogP contribution in [0, 0.1) is 0 Å². The molecule has 10 nitrogen and oxygen atoms in total. The van der Waals surface area contributed by atoms with E-state index in [1.54, 1.807) is 30.5 Å². The summed E-state index contributed by atoms with van der Waals surface area (Å²) in [6.07, 6.45) is -0.203. The zero-order chi connectivity index (χ0) is 26.4. The number of rotatable bonds is 5. The molecule has 0 aliphatic carbocycles. The number of alkyl halides is 3. The summed E-state index contributed by atoms with van der Waals surface area (Å²) in [5.41, 5.74) is 1.79. The summed E-state index contributed by atoms with van der Waals surface area (Å²) >= 11 is 0. The van der Waals surface area contributed by atoms with Crippen LogP contribution >= 0.6 is 0 Å². The molecule has 2 N–H and O–H groups in total. The minimum Gasteiger partial charge on any atom is -0.465 e. The molecule has 2 unspecified atom stereocenters. The second-order valence-corrected chi connectivity index (χ2v) is 10.2. The van der Waals surface area contributed by atoms with Gasteiger partial charge >= 0.3 is 12.3 Å². The molecule has 5 heterocycles. The Hall–Kier alpha value is -3.45. The van der Waals surface area contributed by atoms with Gasteiger partial charge in [0.1, 0.15) is 5.82 Å². The van der Waals surface area contributed by atoms with E-state index in [1.165, 1.54) is 4.90 Å². The first-order valence-corrected chi connectivity index (χ1v) is 12.8. The van der Waals surface area contributed by atoms with Gasteiger partial charge in [-0.25, -0.2) is 19.4 Å². The summed E-state index contributed by atoms with van der Waals surface area (Å²) in [5.74, 6) is 1.24. The molecule has 13 heteroatoms. The van der Waals surface area contributed by atoms with E-state index in [0.717, 1.165) is 24.0 Å². The van der Waals surface area contributed by atoms with Crippen molar-refractivity contribution < 1.29 is 27.8 Å². The Kier molecular flexibility index (Phi) is 6.34. The van der Waals surface area contributed by atoms with Crippen molar-refractivity contribution in [3.05, 3.63) is 30.5 Å². The number of carboxylic acid groups (broad SMARTS) is 1. The average Bonchev–Trinajstić information content (AvgIpc) is 3.45. The van der Waals surface area contributed by atoms with Crippen molar-refractivity contribution in [2.24, 2.45) is 0 Å². The first kappa shape index (κ1) is 24.9. The highest BCUT2D eigenvalue weighted by Crippen LogP contribution is 2.35. The van der Waals surface area contributed by atoms with Crippen LogP contribution in [0.25, 0.3) is 22.4 Å². The molecule has 2 aromatic heterocycles. The van der Waals surface area contributed by atoms with Crippen molar-refractivity contribution in [1.82, 2.24) is 24.6 Å². The zero-order valence-electron chi connectivity index (χ0n) is 20.6. The minimum absolute atomic E-state index is 0.0735. The first-order chi connectivity index (χ1) is 18.2. The quantitative estimate of drug-likeness (QED) is 0.506. The van der Waals surface area contributed by atoms with Gasteiger partial charge in [0.15, 0.2) is 11.5 Å². The third kappa shape index (κ3) is 5.12. The SMILES string of the molecule is O=C(O)Nc1ccc(-c2nc(N3CC4CCC(C3)O4)c3cnn(C4CCN(CC(F)(F)F)CC4)c3n2)cc1. The molecule has 1 amide bonds. The van der Waals surface area contributed by atoms with Crippen molar-refractivity contribution in [2.75, 3.05) is 42.9 Å². The molecular formula is C25H28F3N7O3. The van der Waals surface area contributed by atoms with Crippen molar-refractivity contribution in [1.29, 1.82) is 0 Å². The predicted molar refractivity (Wildman–Crippen MR) is 133 cm³/mol. The lowest BCUT2D eigenvalue weighted by Crippen LogP contribution is -2.43. The maximum absolute atomic E-state index is 12.9. The second-order valence-electron chi connectivity index (χ2n) is 10.2. The fourth-order valence-corrected chi connectivity index (χ4v) is 5.74. The summed E-state index contributed by atoms with van der Waals surface area (Å²) in [7, 11) is 0. The van der Waals surface area contributed by atoms with E-state index in [-0.39, 0.29) is 18.2 Å². The molecule has 0 radical (unpaired) electrons. The van der Waals surface area contributed by atoms with Crippen LogP contribution in [0.3, 0.4) is 0 Å². The number of nitrogens with zero attached hydrogens (tertiary/aromatic N) is 6. The smallest absolute Gasteiger partial charge is 0.409 e. The average molecular weight is 532 g/mol. The fraction of sp³-hybridized carbons (Fsp3) is 0.520. The molecule has 3 fully saturated rings. The standard InChI is InChI=1S/C25H28F3N7O3/c26-25(27,28)14-33-9-7-17(8-10-33)35-23-20(11-29-35)22(34-12-18-5-6-19(13-34)38-18)31-21(32-23)15-1-3-16(4-2-15)30-24(36)37/h1-4,11,17-19,30H,5-10,12-14H2,(H,36,37). The molecule has 38 heavy (non-hydrogen) atoms. The Labute approximate surface area is 216 Å². The lowest BCUT2D eigenvalue weighted by molar-refractivity contribution is -0.148. The molecular weight excluding hydrogens is 503 g/mol. The molecule has 3 aromatic rings. The number of benzene rings is 1. The fourth-order valence-electron chi connectivity index (χ4n) is 5.74. The van der Waals surface area contributed by atoms with E-state index in [4.69, 9.17) is 19.8 Å². The number of hydrogen-bond acceptors (Lipinski definition) is 7. The van der Waals surface area contributed by atoms with Crippen molar-refractivity contribution >= 4 is 28.6 Å². The van der Waals surface area contributed by atoms with Gasteiger partial charge in [-0.05, 0) is 49.9 Å². The number of halogens is 3. The number of aromatic nitrogens is 4. The molecule has 3 aliphatic rings. The van der Waals surface area contributed by atoms with Crippen LogP contribution in [0.4, 0.5) is 29.5 Å². The van der Waals surface area contributed by atoms with Gasteiger partial charge < -0.3 is 14.7 Å². The molecule has 0 spiro atoms. The third-order valence-electron chi connectivity index (χ3n) is 7.48. The number of anilines is 2. The zero-order valence-corrected chi connectivity index (χ0v) is 20.6. The van der Waals surface area contributed by atoms with Gasteiger partial charge in [0, 0.05) is 37.4 Å². The highest BCUT2D eigenvalue weighted by molar-refractivity contribution is 5.89.